The van der Waals surface area contributed by atoms with Gasteiger partial charge in [0.15, 0.2) is 0 Å². The minimum Gasteiger partial charge on any atom is -0.493 e. The third-order valence-electron chi connectivity index (χ3n) is 3.75. The average molecular weight is 328 g/mol. The smallest absolute Gasteiger partial charge is 0.362 e. The summed E-state index contributed by atoms with van der Waals surface area (Å²) in [5, 5.41) is 0. The van der Waals surface area contributed by atoms with Crippen LogP contribution in [0.4, 0.5) is 0 Å². The molecule has 2 N–H and O–H groups in total. The molecule has 0 radical (unpaired) electrons. The summed E-state index contributed by atoms with van der Waals surface area (Å²) in [6, 6.07) is 17.8. The third-order valence-corrected chi connectivity index (χ3v) is 6.11. The van der Waals surface area contributed by atoms with Crippen LogP contribution in [0.3, 0.4) is 0 Å². The largest absolute Gasteiger partial charge is 0.493 e. The average Bonchev–Trinajstić information content (AvgIpc) is 2.55. The van der Waals surface area contributed by atoms with Crippen molar-refractivity contribution in [2.45, 2.75) is 25.8 Å². The Morgan fingerprint density at radius 2 is 1.65 bits per heavy atom. The van der Waals surface area contributed by atoms with Crippen molar-refractivity contribution in [1.29, 1.82) is 0 Å². The molecule has 2 aromatic rings. The Kier molecular flexibility index (Phi) is 6.16. The summed E-state index contributed by atoms with van der Waals surface area (Å²) < 4.78 is 5.68. The second-order valence-corrected chi connectivity index (χ2v) is 8.98. The van der Waals surface area contributed by atoms with Crippen molar-refractivity contribution in [2.24, 2.45) is 0 Å². The highest BCUT2D eigenvalue weighted by atomic mass is 28.4. The van der Waals surface area contributed by atoms with E-state index in [9.17, 15) is 9.59 Å². The van der Waals surface area contributed by atoms with Gasteiger partial charge in [0, 0.05) is 12.0 Å². The number of rotatable bonds is 7. The van der Waals surface area contributed by atoms with Crippen LogP contribution in [0.25, 0.3) is 6.08 Å². The molecule has 0 bridgehead atoms. The van der Waals surface area contributed by atoms with E-state index in [1.54, 1.807) is 11.8 Å². The first-order valence-electron chi connectivity index (χ1n) is 7.88. The lowest BCUT2D eigenvalue weighted by atomic mass is 10.1. The van der Waals surface area contributed by atoms with Gasteiger partial charge in [0.05, 0.1) is 6.61 Å². The molecule has 2 aromatic carbocycles. The number of hydrogen-bond donors (Lipinski definition) is 2. The molecule has 122 valence electrons. The maximum atomic E-state index is 9.92. The summed E-state index contributed by atoms with van der Waals surface area (Å²) in [7, 11) is -3.24. The standard InChI is InChI=1S/C19H24O3Si/c1-16(2)23(20,21)15-13-18-10-8-17(9-11-18)12-14-22-19-6-4-3-5-7-19/h3-11,13,15-16,20-21H,12,14H2,1-2H3. The Bertz CT molecular complexity index is 619. The molecule has 0 heterocycles. The number of ether oxygens (including phenoxy) is 1. The lowest BCUT2D eigenvalue weighted by Gasteiger charge is -2.17. The molecule has 0 spiro atoms. The molecular formula is C19H24O3Si. The van der Waals surface area contributed by atoms with Crippen LogP contribution in [-0.2, 0) is 6.42 Å². The highest BCUT2D eigenvalue weighted by molar-refractivity contribution is 6.72. The van der Waals surface area contributed by atoms with Gasteiger partial charge in [-0.25, -0.2) is 0 Å². The van der Waals surface area contributed by atoms with E-state index in [1.165, 1.54) is 5.56 Å². The molecule has 0 atom stereocenters. The summed E-state index contributed by atoms with van der Waals surface area (Å²) >= 11 is 0. The van der Waals surface area contributed by atoms with Gasteiger partial charge >= 0.3 is 8.56 Å². The fourth-order valence-electron chi connectivity index (χ4n) is 2.01. The topological polar surface area (TPSA) is 49.7 Å². The molecule has 0 saturated carbocycles. The minimum atomic E-state index is -3.24. The van der Waals surface area contributed by atoms with E-state index in [0.717, 1.165) is 17.7 Å². The molecule has 0 fully saturated rings. The molecule has 0 saturated heterocycles. The number of para-hydroxylation sites is 1. The van der Waals surface area contributed by atoms with Gasteiger partial charge in [-0.05, 0) is 29.0 Å². The van der Waals surface area contributed by atoms with Gasteiger partial charge in [0.25, 0.3) is 0 Å². The number of hydrogen-bond acceptors (Lipinski definition) is 3. The van der Waals surface area contributed by atoms with Crippen LogP contribution in [0, 0.1) is 0 Å². The summed E-state index contributed by atoms with van der Waals surface area (Å²) in [6.45, 7) is 4.29. The van der Waals surface area contributed by atoms with Crippen molar-refractivity contribution in [2.75, 3.05) is 6.61 Å². The first-order valence-corrected chi connectivity index (χ1v) is 9.93. The molecule has 0 aliphatic heterocycles. The zero-order valence-electron chi connectivity index (χ0n) is 13.6. The molecule has 2 rings (SSSR count). The molecule has 23 heavy (non-hydrogen) atoms. The molecule has 4 heteroatoms. The van der Waals surface area contributed by atoms with E-state index in [0.29, 0.717) is 6.61 Å². The van der Waals surface area contributed by atoms with Gasteiger partial charge in [-0.2, -0.15) is 0 Å². The Balaban J connectivity index is 1.86. The van der Waals surface area contributed by atoms with Crippen molar-refractivity contribution in [3.8, 4) is 5.75 Å². The third kappa shape index (κ3) is 5.67. The summed E-state index contributed by atoms with van der Waals surface area (Å²) in [4.78, 5) is 19.8. The fourth-order valence-corrected chi connectivity index (χ4v) is 2.83. The Labute approximate surface area is 139 Å². The van der Waals surface area contributed by atoms with Gasteiger partial charge in [-0.3, -0.25) is 0 Å². The molecule has 0 aliphatic rings. The predicted octanol–water partition coefficient (Wildman–Crippen LogP) is 3.70. The van der Waals surface area contributed by atoms with Crippen LogP contribution in [0.5, 0.6) is 5.75 Å². The molecule has 0 aliphatic carbocycles. The van der Waals surface area contributed by atoms with E-state index >= 15 is 0 Å². The van der Waals surface area contributed by atoms with E-state index in [2.05, 4.69) is 0 Å². The normalized spacial score (nSPS) is 12.0. The van der Waals surface area contributed by atoms with Crippen LogP contribution in [-0.4, -0.2) is 24.8 Å². The lowest BCUT2D eigenvalue weighted by molar-refractivity contribution is 0.322. The van der Waals surface area contributed by atoms with Crippen LogP contribution < -0.4 is 4.74 Å². The van der Waals surface area contributed by atoms with Crippen LogP contribution in [0.1, 0.15) is 25.0 Å². The molecule has 0 amide bonds. The van der Waals surface area contributed by atoms with Crippen molar-refractivity contribution < 1.29 is 14.3 Å². The van der Waals surface area contributed by atoms with E-state index < -0.39 is 8.56 Å². The Hall–Kier alpha value is -1.88. The molecule has 3 nitrogen and oxygen atoms in total. The number of benzene rings is 2. The van der Waals surface area contributed by atoms with Crippen LogP contribution in [0.15, 0.2) is 60.3 Å². The summed E-state index contributed by atoms with van der Waals surface area (Å²) in [6.07, 6.45) is 2.63. The molecule has 0 unspecified atom stereocenters. The van der Waals surface area contributed by atoms with Crippen molar-refractivity contribution in [3.05, 3.63) is 71.4 Å². The van der Waals surface area contributed by atoms with Crippen molar-refractivity contribution in [3.63, 3.8) is 0 Å². The summed E-state index contributed by atoms with van der Waals surface area (Å²) in [5.74, 6) is 0.882. The van der Waals surface area contributed by atoms with E-state index in [-0.39, 0.29) is 5.54 Å². The quantitative estimate of drug-likeness (QED) is 0.762. The first kappa shape index (κ1) is 17.5. The second kappa shape index (κ2) is 8.11. The predicted molar refractivity (Wildman–Crippen MR) is 96.4 cm³/mol. The zero-order chi connectivity index (χ0) is 16.7. The highest BCUT2D eigenvalue weighted by Gasteiger charge is 2.29. The van der Waals surface area contributed by atoms with Gasteiger partial charge < -0.3 is 14.3 Å². The van der Waals surface area contributed by atoms with Gasteiger partial charge in [0.2, 0.25) is 0 Å². The molecule has 0 aromatic heterocycles. The van der Waals surface area contributed by atoms with Crippen LogP contribution >= 0.6 is 0 Å². The van der Waals surface area contributed by atoms with E-state index in [4.69, 9.17) is 4.74 Å². The first-order chi connectivity index (χ1) is 11.0. The zero-order valence-corrected chi connectivity index (χ0v) is 14.6. The second-order valence-electron chi connectivity index (χ2n) is 5.92. The van der Waals surface area contributed by atoms with Crippen molar-refractivity contribution >= 4 is 14.6 Å². The Morgan fingerprint density at radius 3 is 2.26 bits per heavy atom. The van der Waals surface area contributed by atoms with Gasteiger partial charge in [-0.15, -0.1) is 0 Å². The maximum absolute atomic E-state index is 9.92. The lowest BCUT2D eigenvalue weighted by Crippen LogP contribution is -2.35. The maximum Gasteiger partial charge on any atom is 0.362 e. The van der Waals surface area contributed by atoms with Crippen molar-refractivity contribution in [1.82, 2.24) is 0 Å². The van der Waals surface area contributed by atoms with E-state index in [1.807, 2.05) is 68.4 Å². The highest BCUT2D eigenvalue weighted by Crippen LogP contribution is 2.17. The SMILES string of the molecule is CC(C)[Si](O)(O)C=Cc1ccc(CCOc2ccccc2)cc1. The minimum absolute atomic E-state index is 0.117. The Morgan fingerprint density at radius 1 is 1.00 bits per heavy atom. The van der Waals surface area contributed by atoms with Crippen LogP contribution in [0.2, 0.25) is 5.54 Å². The van der Waals surface area contributed by atoms with Gasteiger partial charge in [0.1, 0.15) is 5.75 Å². The molecular weight excluding hydrogens is 304 g/mol. The summed E-state index contributed by atoms with van der Waals surface area (Å²) in [5.41, 5.74) is 3.61. The monoisotopic (exact) mass is 328 g/mol. The van der Waals surface area contributed by atoms with Gasteiger partial charge in [-0.1, -0.05) is 62.4 Å². The fraction of sp³-hybridized carbons (Fsp3) is 0.263.